The van der Waals surface area contributed by atoms with Crippen LogP contribution in [-0.4, -0.2) is 10.0 Å². The number of thiocarbonyl (C=S) groups is 1. The van der Waals surface area contributed by atoms with Crippen LogP contribution in [0.15, 0.2) is 42.5 Å². The summed E-state index contributed by atoms with van der Waals surface area (Å²) < 4.78 is 0. The van der Waals surface area contributed by atoms with Crippen LogP contribution in [-0.2, 0) is 0 Å². The molecule has 2 aromatic rings. The lowest BCUT2D eigenvalue weighted by Gasteiger charge is -2.19. The van der Waals surface area contributed by atoms with Gasteiger partial charge in [-0.05, 0) is 56.2 Å². The minimum absolute atomic E-state index is 0.0539. The Hall–Kier alpha value is -2.47. The van der Waals surface area contributed by atoms with E-state index in [-0.39, 0.29) is 11.7 Å². The summed E-state index contributed by atoms with van der Waals surface area (Å²) in [6.45, 7) is 6.18. The molecule has 1 atom stereocenters. The topological polar surface area (TPSA) is 67.2 Å². The zero-order valence-corrected chi connectivity index (χ0v) is 14.1. The van der Waals surface area contributed by atoms with Crippen LogP contribution in [0.1, 0.15) is 29.7 Å². The lowest BCUT2D eigenvalue weighted by Crippen LogP contribution is -2.31. The molecular weight excluding hydrogens is 310 g/mol. The molecule has 0 unspecified atom stereocenters. The molecule has 5 nitrogen and oxygen atoms in total. The van der Waals surface area contributed by atoms with Crippen molar-refractivity contribution in [2.24, 2.45) is 0 Å². The van der Waals surface area contributed by atoms with Crippen molar-refractivity contribution >= 4 is 28.7 Å². The van der Waals surface area contributed by atoms with Crippen molar-refractivity contribution in [3.05, 3.63) is 69.3 Å². The SMILES string of the molecule is Cc1ccc(C)c([C@@H](C)NC(=S)Nc2ccc([N+](=O)[O-])cc2)c1. The molecule has 0 aliphatic heterocycles. The van der Waals surface area contributed by atoms with E-state index in [0.717, 1.165) is 0 Å². The molecule has 0 bridgehead atoms. The van der Waals surface area contributed by atoms with Gasteiger partial charge in [0.2, 0.25) is 0 Å². The molecule has 0 aromatic heterocycles. The number of non-ortho nitro benzene ring substituents is 1. The largest absolute Gasteiger partial charge is 0.356 e. The number of nitro groups is 1. The number of nitro benzene ring substituents is 1. The van der Waals surface area contributed by atoms with Crippen LogP contribution in [0, 0.1) is 24.0 Å². The van der Waals surface area contributed by atoms with Gasteiger partial charge in [0.15, 0.2) is 5.11 Å². The molecule has 23 heavy (non-hydrogen) atoms. The average Bonchev–Trinajstić information content (AvgIpc) is 2.50. The van der Waals surface area contributed by atoms with E-state index in [0.29, 0.717) is 10.8 Å². The van der Waals surface area contributed by atoms with E-state index in [1.807, 2.05) is 6.92 Å². The number of hydrogen-bond acceptors (Lipinski definition) is 3. The monoisotopic (exact) mass is 329 g/mol. The highest BCUT2D eigenvalue weighted by Gasteiger charge is 2.10. The highest BCUT2D eigenvalue weighted by atomic mass is 32.1. The molecule has 2 rings (SSSR count). The van der Waals surface area contributed by atoms with Gasteiger partial charge >= 0.3 is 0 Å². The fraction of sp³-hybridized carbons (Fsp3) is 0.235. The zero-order valence-electron chi connectivity index (χ0n) is 13.3. The molecule has 0 heterocycles. The molecular formula is C17H19N3O2S. The number of hydrogen-bond donors (Lipinski definition) is 2. The molecule has 6 heteroatoms. The van der Waals surface area contributed by atoms with Gasteiger partial charge in [-0.1, -0.05) is 23.8 Å². The Morgan fingerprint density at radius 2 is 1.83 bits per heavy atom. The van der Waals surface area contributed by atoms with E-state index in [1.54, 1.807) is 12.1 Å². The standard InChI is InChI=1S/C17H19N3O2S/c1-11-4-5-12(2)16(10-11)13(3)18-17(23)19-14-6-8-15(9-7-14)20(21)22/h4-10,13H,1-3H3,(H2,18,19,23)/t13-/m1/s1. The van der Waals surface area contributed by atoms with Crippen molar-refractivity contribution in [1.82, 2.24) is 5.32 Å². The Balaban J connectivity index is 2.01. The summed E-state index contributed by atoms with van der Waals surface area (Å²) in [6, 6.07) is 12.5. The van der Waals surface area contributed by atoms with Crippen LogP contribution in [0.2, 0.25) is 0 Å². The van der Waals surface area contributed by atoms with Crippen molar-refractivity contribution in [2.45, 2.75) is 26.8 Å². The maximum Gasteiger partial charge on any atom is 0.269 e. The van der Waals surface area contributed by atoms with Gasteiger partial charge in [-0.2, -0.15) is 0 Å². The third-order valence-electron chi connectivity index (χ3n) is 3.58. The molecule has 0 saturated carbocycles. The molecule has 0 fully saturated rings. The highest BCUT2D eigenvalue weighted by Crippen LogP contribution is 2.19. The van der Waals surface area contributed by atoms with E-state index in [9.17, 15) is 10.1 Å². The minimum atomic E-state index is -0.428. The molecule has 0 saturated heterocycles. The first-order chi connectivity index (χ1) is 10.9. The van der Waals surface area contributed by atoms with Crippen LogP contribution in [0.5, 0.6) is 0 Å². The van der Waals surface area contributed by atoms with E-state index < -0.39 is 4.92 Å². The molecule has 0 radical (unpaired) electrons. The van der Waals surface area contributed by atoms with Gasteiger partial charge in [-0.25, -0.2) is 0 Å². The summed E-state index contributed by atoms with van der Waals surface area (Å²) >= 11 is 5.32. The molecule has 120 valence electrons. The van der Waals surface area contributed by atoms with Gasteiger partial charge < -0.3 is 10.6 Å². The quantitative estimate of drug-likeness (QED) is 0.498. The number of aryl methyl sites for hydroxylation is 2. The maximum atomic E-state index is 10.6. The predicted molar refractivity (Wildman–Crippen MR) is 96.8 cm³/mol. The van der Waals surface area contributed by atoms with Crippen LogP contribution in [0.3, 0.4) is 0 Å². The Kier molecular flexibility index (Phi) is 5.28. The van der Waals surface area contributed by atoms with E-state index >= 15 is 0 Å². The maximum absolute atomic E-state index is 10.6. The first kappa shape index (κ1) is 16.9. The van der Waals surface area contributed by atoms with Crippen LogP contribution >= 0.6 is 12.2 Å². The lowest BCUT2D eigenvalue weighted by molar-refractivity contribution is -0.384. The van der Waals surface area contributed by atoms with Crippen LogP contribution in [0.4, 0.5) is 11.4 Å². The summed E-state index contributed by atoms with van der Waals surface area (Å²) in [4.78, 5) is 10.2. The van der Waals surface area contributed by atoms with Gasteiger partial charge in [-0.15, -0.1) is 0 Å². The number of anilines is 1. The molecule has 2 N–H and O–H groups in total. The van der Waals surface area contributed by atoms with Gasteiger partial charge in [-0.3, -0.25) is 10.1 Å². The van der Waals surface area contributed by atoms with Crippen molar-refractivity contribution in [2.75, 3.05) is 5.32 Å². The van der Waals surface area contributed by atoms with Crippen LogP contribution < -0.4 is 10.6 Å². The summed E-state index contributed by atoms with van der Waals surface area (Å²) in [7, 11) is 0. The summed E-state index contributed by atoms with van der Waals surface area (Å²) in [5.74, 6) is 0. The molecule has 0 spiro atoms. The second kappa shape index (κ2) is 7.19. The third kappa shape index (κ3) is 4.50. The van der Waals surface area contributed by atoms with Crippen molar-refractivity contribution in [1.29, 1.82) is 0 Å². The Labute approximate surface area is 140 Å². The first-order valence-electron chi connectivity index (χ1n) is 7.26. The van der Waals surface area contributed by atoms with Gasteiger partial charge in [0, 0.05) is 17.8 Å². The molecule has 0 amide bonds. The number of rotatable bonds is 4. The Bertz CT molecular complexity index is 729. The molecule has 2 aromatic carbocycles. The normalized spacial score (nSPS) is 11.6. The van der Waals surface area contributed by atoms with Crippen molar-refractivity contribution < 1.29 is 4.92 Å². The van der Waals surface area contributed by atoms with Gasteiger partial charge in [0.25, 0.3) is 5.69 Å². The third-order valence-corrected chi connectivity index (χ3v) is 3.80. The minimum Gasteiger partial charge on any atom is -0.356 e. The second-order valence-electron chi connectivity index (χ2n) is 5.48. The summed E-state index contributed by atoms with van der Waals surface area (Å²) in [5.41, 5.74) is 4.36. The van der Waals surface area contributed by atoms with Gasteiger partial charge in [0.1, 0.15) is 0 Å². The predicted octanol–water partition coefficient (Wildman–Crippen LogP) is 4.26. The lowest BCUT2D eigenvalue weighted by atomic mass is 10.0. The molecule has 0 aliphatic rings. The fourth-order valence-electron chi connectivity index (χ4n) is 2.33. The Morgan fingerprint density at radius 3 is 2.43 bits per heavy atom. The second-order valence-corrected chi connectivity index (χ2v) is 5.89. The zero-order chi connectivity index (χ0) is 17.0. The summed E-state index contributed by atoms with van der Waals surface area (Å²) in [5, 5.41) is 17.4. The first-order valence-corrected chi connectivity index (χ1v) is 7.67. The van der Waals surface area contributed by atoms with Crippen LogP contribution in [0.25, 0.3) is 0 Å². The van der Waals surface area contributed by atoms with E-state index in [4.69, 9.17) is 12.2 Å². The Morgan fingerprint density at radius 1 is 1.17 bits per heavy atom. The van der Waals surface area contributed by atoms with Crippen molar-refractivity contribution in [3.8, 4) is 0 Å². The van der Waals surface area contributed by atoms with E-state index in [1.165, 1.54) is 28.8 Å². The highest BCUT2D eigenvalue weighted by molar-refractivity contribution is 7.80. The average molecular weight is 329 g/mol. The summed E-state index contributed by atoms with van der Waals surface area (Å²) in [6.07, 6.45) is 0. The number of nitrogens with zero attached hydrogens (tertiary/aromatic N) is 1. The smallest absolute Gasteiger partial charge is 0.269 e. The molecule has 0 aliphatic carbocycles. The fourth-order valence-corrected chi connectivity index (χ4v) is 2.63. The van der Waals surface area contributed by atoms with E-state index in [2.05, 4.69) is 42.7 Å². The van der Waals surface area contributed by atoms with Crippen molar-refractivity contribution in [3.63, 3.8) is 0 Å². The van der Waals surface area contributed by atoms with Gasteiger partial charge in [0.05, 0.1) is 11.0 Å². The number of nitrogens with one attached hydrogen (secondary N) is 2. The number of benzene rings is 2.